The molecule has 0 aromatic rings. The fourth-order valence-corrected chi connectivity index (χ4v) is 1.31. The van der Waals surface area contributed by atoms with Gasteiger partial charge >= 0.3 is 0 Å². The largest absolute Gasteiger partial charge is 0.346 e. The van der Waals surface area contributed by atoms with Crippen molar-refractivity contribution in [1.29, 1.82) is 0 Å². The molecule has 0 aromatic carbocycles. The van der Waals surface area contributed by atoms with Crippen LogP contribution in [0.1, 0.15) is 39.5 Å². The van der Waals surface area contributed by atoms with E-state index in [1.54, 1.807) is 0 Å². The summed E-state index contributed by atoms with van der Waals surface area (Å²) in [7, 11) is 1.87. The van der Waals surface area contributed by atoms with Gasteiger partial charge in [0, 0.05) is 20.0 Å². The SMILES string of the molecule is CC(C)CCCN(C)C(=O)CCCN. The van der Waals surface area contributed by atoms with Gasteiger partial charge in [0.15, 0.2) is 0 Å². The molecule has 0 heterocycles. The zero-order valence-corrected chi connectivity index (χ0v) is 9.75. The Morgan fingerprint density at radius 2 is 2.00 bits per heavy atom. The number of hydrogen-bond donors (Lipinski definition) is 1. The lowest BCUT2D eigenvalue weighted by molar-refractivity contribution is -0.130. The van der Waals surface area contributed by atoms with Crippen LogP contribution in [0.2, 0.25) is 0 Å². The van der Waals surface area contributed by atoms with Crippen molar-refractivity contribution in [2.24, 2.45) is 11.7 Å². The summed E-state index contributed by atoms with van der Waals surface area (Å²) in [5.74, 6) is 0.946. The van der Waals surface area contributed by atoms with Crippen molar-refractivity contribution in [1.82, 2.24) is 4.90 Å². The Morgan fingerprint density at radius 3 is 2.50 bits per heavy atom. The molecule has 0 radical (unpaired) electrons. The Labute approximate surface area is 87.6 Å². The Morgan fingerprint density at radius 1 is 1.36 bits per heavy atom. The van der Waals surface area contributed by atoms with Crippen LogP contribution in [0, 0.1) is 5.92 Å². The van der Waals surface area contributed by atoms with E-state index in [0.29, 0.717) is 13.0 Å². The number of amides is 1. The topological polar surface area (TPSA) is 46.3 Å². The van der Waals surface area contributed by atoms with Gasteiger partial charge in [-0.15, -0.1) is 0 Å². The van der Waals surface area contributed by atoms with Gasteiger partial charge < -0.3 is 10.6 Å². The lowest BCUT2D eigenvalue weighted by Gasteiger charge is -2.17. The minimum atomic E-state index is 0.221. The number of carbonyl (C=O) groups is 1. The van der Waals surface area contributed by atoms with Gasteiger partial charge in [0.25, 0.3) is 0 Å². The molecule has 0 rings (SSSR count). The van der Waals surface area contributed by atoms with Gasteiger partial charge in [-0.3, -0.25) is 4.79 Å². The van der Waals surface area contributed by atoms with Crippen LogP contribution in [-0.4, -0.2) is 30.9 Å². The van der Waals surface area contributed by atoms with E-state index in [9.17, 15) is 4.79 Å². The van der Waals surface area contributed by atoms with Crippen molar-refractivity contribution >= 4 is 5.91 Å². The summed E-state index contributed by atoms with van der Waals surface area (Å²) >= 11 is 0. The summed E-state index contributed by atoms with van der Waals surface area (Å²) in [6.07, 6.45) is 3.68. The minimum Gasteiger partial charge on any atom is -0.346 e. The van der Waals surface area contributed by atoms with Crippen molar-refractivity contribution in [3.8, 4) is 0 Å². The van der Waals surface area contributed by atoms with Gasteiger partial charge in [-0.05, 0) is 31.7 Å². The van der Waals surface area contributed by atoms with E-state index in [1.165, 1.54) is 6.42 Å². The summed E-state index contributed by atoms with van der Waals surface area (Å²) < 4.78 is 0. The second-order valence-corrected chi connectivity index (χ2v) is 4.24. The van der Waals surface area contributed by atoms with E-state index >= 15 is 0 Å². The van der Waals surface area contributed by atoms with Crippen LogP contribution < -0.4 is 5.73 Å². The molecular formula is C11H24N2O. The van der Waals surface area contributed by atoms with E-state index in [4.69, 9.17) is 5.73 Å². The quantitative estimate of drug-likeness (QED) is 0.679. The molecule has 2 N–H and O–H groups in total. The van der Waals surface area contributed by atoms with Gasteiger partial charge in [0.05, 0.1) is 0 Å². The van der Waals surface area contributed by atoms with Gasteiger partial charge in [0.2, 0.25) is 5.91 Å². The Bertz CT molecular complexity index is 157. The number of nitrogens with two attached hydrogens (primary N) is 1. The molecule has 14 heavy (non-hydrogen) atoms. The summed E-state index contributed by atoms with van der Waals surface area (Å²) in [5.41, 5.74) is 5.35. The van der Waals surface area contributed by atoms with Gasteiger partial charge in [-0.2, -0.15) is 0 Å². The third-order valence-electron chi connectivity index (χ3n) is 2.30. The number of nitrogens with zero attached hydrogens (tertiary/aromatic N) is 1. The van der Waals surface area contributed by atoms with Crippen LogP contribution >= 0.6 is 0 Å². The number of hydrogen-bond acceptors (Lipinski definition) is 2. The van der Waals surface area contributed by atoms with Gasteiger partial charge in [0.1, 0.15) is 0 Å². The molecule has 84 valence electrons. The molecular weight excluding hydrogens is 176 g/mol. The van der Waals surface area contributed by atoms with Crippen LogP contribution in [0.5, 0.6) is 0 Å². The summed E-state index contributed by atoms with van der Waals surface area (Å²) in [6.45, 7) is 5.89. The molecule has 1 amide bonds. The average molecular weight is 200 g/mol. The molecule has 0 saturated heterocycles. The molecule has 0 fully saturated rings. The Balaban J connectivity index is 3.51. The Hall–Kier alpha value is -0.570. The highest BCUT2D eigenvalue weighted by atomic mass is 16.2. The van der Waals surface area contributed by atoms with Crippen LogP contribution in [0.4, 0.5) is 0 Å². The second-order valence-electron chi connectivity index (χ2n) is 4.24. The normalized spacial score (nSPS) is 10.6. The minimum absolute atomic E-state index is 0.221. The predicted molar refractivity (Wildman–Crippen MR) is 60.0 cm³/mol. The maximum atomic E-state index is 11.4. The van der Waals surface area contributed by atoms with Crippen LogP contribution in [-0.2, 0) is 4.79 Å². The molecule has 0 aliphatic carbocycles. The molecule has 3 nitrogen and oxygen atoms in total. The first-order valence-electron chi connectivity index (χ1n) is 5.52. The highest BCUT2D eigenvalue weighted by Gasteiger charge is 2.07. The van der Waals surface area contributed by atoms with Crippen molar-refractivity contribution in [3.05, 3.63) is 0 Å². The molecule has 0 saturated carbocycles. The molecule has 0 aliphatic heterocycles. The molecule has 0 aliphatic rings. The van der Waals surface area contributed by atoms with E-state index < -0.39 is 0 Å². The maximum Gasteiger partial charge on any atom is 0.222 e. The van der Waals surface area contributed by atoms with Crippen molar-refractivity contribution in [2.45, 2.75) is 39.5 Å². The van der Waals surface area contributed by atoms with E-state index in [0.717, 1.165) is 25.3 Å². The van der Waals surface area contributed by atoms with Crippen molar-refractivity contribution in [3.63, 3.8) is 0 Å². The summed E-state index contributed by atoms with van der Waals surface area (Å²) in [5, 5.41) is 0. The molecule has 0 atom stereocenters. The third-order valence-corrected chi connectivity index (χ3v) is 2.30. The molecule has 0 spiro atoms. The summed E-state index contributed by atoms with van der Waals surface area (Å²) in [6, 6.07) is 0. The van der Waals surface area contributed by atoms with E-state index in [-0.39, 0.29) is 5.91 Å². The first-order chi connectivity index (χ1) is 6.57. The van der Waals surface area contributed by atoms with Crippen LogP contribution in [0.3, 0.4) is 0 Å². The third kappa shape index (κ3) is 6.89. The lowest BCUT2D eigenvalue weighted by Crippen LogP contribution is -2.28. The van der Waals surface area contributed by atoms with Gasteiger partial charge in [-0.1, -0.05) is 13.8 Å². The maximum absolute atomic E-state index is 11.4. The lowest BCUT2D eigenvalue weighted by atomic mass is 10.1. The van der Waals surface area contributed by atoms with Crippen LogP contribution in [0.15, 0.2) is 0 Å². The highest BCUT2D eigenvalue weighted by molar-refractivity contribution is 5.75. The monoisotopic (exact) mass is 200 g/mol. The first kappa shape index (κ1) is 13.4. The zero-order valence-electron chi connectivity index (χ0n) is 9.75. The molecule has 0 unspecified atom stereocenters. The fraction of sp³-hybridized carbons (Fsp3) is 0.909. The zero-order chi connectivity index (χ0) is 11.0. The van der Waals surface area contributed by atoms with E-state index in [1.807, 2.05) is 11.9 Å². The fourth-order valence-electron chi connectivity index (χ4n) is 1.31. The standard InChI is InChI=1S/C11H24N2O/c1-10(2)6-5-9-13(3)11(14)7-4-8-12/h10H,4-9,12H2,1-3H3. The smallest absolute Gasteiger partial charge is 0.222 e. The van der Waals surface area contributed by atoms with Gasteiger partial charge in [-0.25, -0.2) is 0 Å². The first-order valence-corrected chi connectivity index (χ1v) is 5.52. The second kappa shape index (κ2) is 7.80. The van der Waals surface area contributed by atoms with Crippen LogP contribution in [0.25, 0.3) is 0 Å². The van der Waals surface area contributed by atoms with Crippen molar-refractivity contribution < 1.29 is 4.79 Å². The summed E-state index contributed by atoms with van der Waals surface area (Å²) in [4.78, 5) is 13.3. The Kier molecular flexibility index (Phi) is 7.48. The molecule has 3 heteroatoms. The average Bonchev–Trinajstić information content (AvgIpc) is 2.13. The van der Waals surface area contributed by atoms with E-state index in [2.05, 4.69) is 13.8 Å². The number of carbonyl (C=O) groups excluding carboxylic acids is 1. The molecule has 0 aromatic heterocycles. The predicted octanol–water partition coefficient (Wildman–Crippen LogP) is 1.62. The highest BCUT2D eigenvalue weighted by Crippen LogP contribution is 2.05. The molecule has 0 bridgehead atoms. The number of rotatable bonds is 7. The van der Waals surface area contributed by atoms with Crippen molar-refractivity contribution in [2.75, 3.05) is 20.1 Å².